The molecule has 0 aliphatic carbocycles. The lowest BCUT2D eigenvalue weighted by Crippen LogP contribution is -2.15. The van der Waals surface area contributed by atoms with Gasteiger partial charge in [-0.05, 0) is 19.1 Å². The second kappa shape index (κ2) is 8.20. The zero-order valence-corrected chi connectivity index (χ0v) is 16.9. The molecule has 3 rings (SSSR count). The van der Waals surface area contributed by atoms with E-state index in [9.17, 15) is 22.8 Å². The average Bonchev–Trinajstić information content (AvgIpc) is 3.13. The van der Waals surface area contributed by atoms with Crippen molar-refractivity contribution in [3.8, 4) is 28.5 Å². The Morgan fingerprint density at radius 1 is 1.10 bits per heavy atom. The first-order valence-electron chi connectivity index (χ1n) is 8.87. The fraction of sp³-hybridized carbons (Fsp3) is 0.316. The van der Waals surface area contributed by atoms with Crippen LogP contribution >= 0.6 is 0 Å². The predicted octanol–water partition coefficient (Wildman–Crippen LogP) is 2.91. The van der Waals surface area contributed by atoms with Crippen molar-refractivity contribution in [3.63, 3.8) is 0 Å². The first-order chi connectivity index (χ1) is 14.7. The lowest BCUT2D eigenvalue weighted by atomic mass is 10.1. The second-order valence-electron chi connectivity index (χ2n) is 6.14. The van der Waals surface area contributed by atoms with Gasteiger partial charge in [-0.25, -0.2) is 4.79 Å². The molecule has 1 aromatic carbocycles. The minimum absolute atomic E-state index is 0.0935. The zero-order valence-electron chi connectivity index (χ0n) is 16.9. The number of hydrogen-bond acceptors (Lipinski definition) is 7. The quantitative estimate of drug-likeness (QED) is 0.587. The number of nitrogens with zero attached hydrogens (tertiary/aromatic N) is 2. The van der Waals surface area contributed by atoms with Gasteiger partial charge in [0.25, 0.3) is 5.56 Å². The Morgan fingerprint density at radius 2 is 1.71 bits per heavy atom. The summed E-state index contributed by atoms with van der Waals surface area (Å²) < 4.78 is 61.4. The lowest BCUT2D eigenvalue weighted by molar-refractivity contribution is -0.141. The van der Waals surface area contributed by atoms with E-state index in [0.717, 1.165) is 6.07 Å². The van der Waals surface area contributed by atoms with E-state index >= 15 is 0 Å². The number of methoxy groups -OCH3 is 3. The summed E-state index contributed by atoms with van der Waals surface area (Å²) in [5, 5.41) is 3.29. The third-order valence-electron chi connectivity index (χ3n) is 4.34. The van der Waals surface area contributed by atoms with Crippen LogP contribution in [0.4, 0.5) is 13.2 Å². The third kappa shape index (κ3) is 3.88. The highest BCUT2D eigenvalue weighted by atomic mass is 19.4. The van der Waals surface area contributed by atoms with Crippen LogP contribution in [-0.4, -0.2) is 48.5 Å². The third-order valence-corrected chi connectivity index (χ3v) is 4.34. The molecule has 0 atom stereocenters. The number of nitrogens with one attached hydrogen (secondary N) is 1. The van der Waals surface area contributed by atoms with Crippen molar-refractivity contribution < 1.29 is 36.9 Å². The molecule has 2 aromatic heterocycles. The molecular weight excluding hydrogens is 423 g/mol. The zero-order chi connectivity index (χ0) is 22.9. The Morgan fingerprint density at radius 3 is 2.19 bits per heavy atom. The van der Waals surface area contributed by atoms with Crippen molar-refractivity contribution in [3.05, 3.63) is 39.8 Å². The molecule has 3 aromatic rings. The monoisotopic (exact) mass is 441 g/mol. The fourth-order valence-electron chi connectivity index (χ4n) is 3.03. The molecule has 0 saturated carbocycles. The van der Waals surface area contributed by atoms with E-state index in [0.29, 0.717) is 10.1 Å². The lowest BCUT2D eigenvalue weighted by Gasteiger charge is -2.14. The van der Waals surface area contributed by atoms with Crippen molar-refractivity contribution in [2.45, 2.75) is 13.1 Å². The van der Waals surface area contributed by atoms with Crippen molar-refractivity contribution in [1.29, 1.82) is 0 Å². The number of esters is 1. The summed E-state index contributed by atoms with van der Waals surface area (Å²) in [4.78, 5) is 27.5. The number of rotatable bonds is 6. The highest BCUT2D eigenvalue weighted by molar-refractivity contribution is 5.97. The van der Waals surface area contributed by atoms with Gasteiger partial charge in [0.2, 0.25) is 5.75 Å². The smallest absolute Gasteiger partial charge is 0.436 e. The largest absolute Gasteiger partial charge is 0.493 e. The van der Waals surface area contributed by atoms with Crippen LogP contribution in [0.5, 0.6) is 17.2 Å². The molecule has 0 bridgehead atoms. The number of halogens is 3. The van der Waals surface area contributed by atoms with Gasteiger partial charge in [0, 0.05) is 11.6 Å². The number of aromatic nitrogens is 3. The van der Waals surface area contributed by atoms with Crippen LogP contribution in [0, 0.1) is 0 Å². The number of H-pyrrole nitrogens is 1. The van der Waals surface area contributed by atoms with Crippen molar-refractivity contribution in [1.82, 2.24) is 14.6 Å². The van der Waals surface area contributed by atoms with Gasteiger partial charge < -0.3 is 23.9 Å². The molecule has 0 saturated heterocycles. The Hall–Kier alpha value is -3.70. The summed E-state index contributed by atoms with van der Waals surface area (Å²) in [6.07, 6.45) is -4.99. The van der Waals surface area contributed by atoms with Crippen molar-refractivity contribution in [2.24, 2.45) is 0 Å². The Bertz CT molecular complexity index is 1170. The van der Waals surface area contributed by atoms with Crippen LogP contribution in [-0.2, 0) is 10.9 Å². The number of fused-ring (bicyclic) bond motifs is 1. The van der Waals surface area contributed by atoms with E-state index in [1.54, 1.807) is 0 Å². The van der Waals surface area contributed by atoms with Crippen LogP contribution in [0.15, 0.2) is 23.0 Å². The van der Waals surface area contributed by atoms with Gasteiger partial charge in [-0.15, -0.1) is 0 Å². The Kier molecular flexibility index (Phi) is 5.82. The van der Waals surface area contributed by atoms with Crippen LogP contribution in [0.1, 0.15) is 23.0 Å². The molecule has 1 N–H and O–H groups in total. The molecular formula is C19H18F3N3O6. The van der Waals surface area contributed by atoms with Gasteiger partial charge in [-0.3, -0.25) is 4.79 Å². The van der Waals surface area contributed by atoms with Crippen LogP contribution in [0.2, 0.25) is 0 Å². The van der Waals surface area contributed by atoms with E-state index in [2.05, 4.69) is 10.1 Å². The highest BCUT2D eigenvalue weighted by Crippen LogP contribution is 2.41. The molecule has 0 amide bonds. The van der Waals surface area contributed by atoms with E-state index in [1.165, 1.54) is 40.4 Å². The maximum absolute atomic E-state index is 13.5. The van der Waals surface area contributed by atoms with Gasteiger partial charge in [0.05, 0.1) is 33.6 Å². The first-order valence-corrected chi connectivity index (χ1v) is 8.87. The van der Waals surface area contributed by atoms with Gasteiger partial charge in [0.15, 0.2) is 22.8 Å². The fourth-order valence-corrected chi connectivity index (χ4v) is 3.03. The SMILES string of the molecule is CCOC(=O)c1c(C(F)(F)F)nn2c(=O)cc(-c3cc(OC)c(OC)c(OC)c3)[nH]c12. The highest BCUT2D eigenvalue weighted by Gasteiger charge is 2.41. The van der Waals surface area contributed by atoms with Gasteiger partial charge in [-0.1, -0.05) is 0 Å². The number of benzene rings is 1. The normalized spacial score (nSPS) is 11.5. The van der Waals surface area contributed by atoms with Gasteiger partial charge >= 0.3 is 12.1 Å². The molecule has 166 valence electrons. The number of aromatic amines is 1. The summed E-state index contributed by atoms with van der Waals surface area (Å²) in [6.45, 7) is 1.28. The number of hydrogen-bond donors (Lipinski definition) is 1. The van der Waals surface area contributed by atoms with Crippen molar-refractivity contribution in [2.75, 3.05) is 27.9 Å². The predicted molar refractivity (Wildman–Crippen MR) is 102 cm³/mol. The molecule has 9 nitrogen and oxygen atoms in total. The molecule has 12 heteroatoms. The Balaban J connectivity index is 2.33. The van der Waals surface area contributed by atoms with E-state index in [4.69, 9.17) is 18.9 Å². The second-order valence-corrected chi connectivity index (χ2v) is 6.14. The molecule has 0 spiro atoms. The van der Waals surface area contributed by atoms with E-state index < -0.39 is 34.6 Å². The first kappa shape index (κ1) is 22.0. The summed E-state index contributed by atoms with van der Waals surface area (Å²) in [5.41, 5.74) is -3.34. The Labute approximate surface area is 173 Å². The van der Waals surface area contributed by atoms with Crippen LogP contribution in [0.25, 0.3) is 16.9 Å². The molecule has 0 fully saturated rings. The van der Waals surface area contributed by atoms with Crippen LogP contribution < -0.4 is 19.8 Å². The number of carbonyl (C=O) groups excluding carboxylic acids is 1. The topological polar surface area (TPSA) is 104 Å². The molecule has 31 heavy (non-hydrogen) atoms. The number of carbonyl (C=O) groups is 1. The molecule has 0 aliphatic rings. The van der Waals surface area contributed by atoms with Crippen LogP contribution in [0.3, 0.4) is 0 Å². The summed E-state index contributed by atoms with van der Waals surface area (Å²) >= 11 is 0. The average molecular weight is 441 g/mol. The van der Waals surface area contributed by atoms with E-state index in [-0.39, 0.29) is 29.5 Å². The van der Waals surface area contributed by atoms with E-state index in [1.807, 2.05) is 0 Å². The minimum atomic E-state index is -4.99. The summed E-state index contributed by atoms with van der Waals surface area (Å²) in [5.74, 6) is -0.462. The van der Waals surface area contributed by atoms with Gasteiger partial charge in [-0.2, -0.15) is 22.8 Å². The van der Waals surface area contributed by atoms with Crippen molar-refractivity contribution >= 4 is 11.6 Å². The molecule has 0 unspecified atom stereocenters. The maximum Gasteiger partial charge on any atom is 0.436 e. The minimum Gasteiger partial charge on any atom is -0.493 e. The van der Waals surface area contributed by atoms with Gasteiger partial charge in [0.1, 0.15) is 5.56 Å². The summed E-state index contributed by atoms with van der Waals surface area (Å²) in [6, 6.07) is 4.03. The standard InChI is InChI=1S/C19H18F3N3O6/c1-5-31-18(27)14-16(19(20,21)22)24-25-13(26)8-10(23-17(14)25)9-6-11(28-2)15(30-4)12(7-9)29-3/h6-8,23H,5H2,1-4H3. The maximum atomic E-state index is 13.5. The molecule has 0 aliphatic heterocycles. The summed E-state index contributed by atoms with van der Waals surface area (Å²) in [7, 11) is 4.18. The molecule has 0 radical (unpaired) electrons. The number of ether oxygens (including phenoxy) is 4. The number of alkyl halides is 3. The molecule has 2 heterocycles.